The topological polar surface area (TPSA) is 140 Å². The van der Waals surface area contributed by atoms with Crippen LogP contribution in [0.2, 0.25) is 0 Å². The van der Waals surface area contributed by atoms with Crippen LogP contribution in [-0.4, -0.2) is 141 Å². The highest BCUT2D eigenvalue weighted by molar-refractivity contribution is 5.95. The molecule has 3 aromatic rings. The molecule has 6 bridgehead atoms. The maximum Gasteiger partial charge on any atom is 0.406 e. The van der Waals surface area contributed by atoms with Crippen LogP contribution in [0.5, 0.6) is 0 Å². The van der Waals surface area contributed by atoms with Crippen LogP contribution < -0.4 is 21.0 Å². The van der Waals surface area contributed by atoms with E-state index in [0.29, 0.717) is 92.3 Å². The van der Waals surface area contributed by atoms with Gasteiger partial charge in [0, 0.05) is 80.5 Å². The third-order valence-corrected chi connectivity index (χ3v) is 12.5. The number of hydrogen-bond donors (Lipinski definition) is 2. The second-order valence-corrected chi connectivity index (χ2v) is 17.5. The Labute approximate surface area is 343 Å². The van der Waals surface area contributed by atoms with E-state index >= 15 is 0 Å². The number of pyridine rings is 1. The predicted octanol–water partition coefficient (Wildman–Crippen LogP) is 4.04. The highest BCUT2D eigenvalue weighted by atomic mass is 19.4. The van der Waals surface area contributed by atoms with E-state index in [1.165, 1.54) is 9.58 Å². The molecule has 4 saturated heterocycles. The van der Waals surface area contributed by atoms with Gasteiger partial charge in [-0.2, -0.15) is 13.2 Å². The van der Waals surface area contributed by atoms with Crippen LogP contribution in [0.4, 0.5) is 24.5 Å². The van der Waals surface area contributed by atoms with E-state index in [4.69, 9.17) is 29.7 Å². The molecule has 0 saturated carbocycles. The van der Waals surface area contributed by atoms with Gasteiger partial charge in [0.15, 0.2) is 0 Å². The summed E-state index contributed by atoms with van der Waals surface area (Å²) in [5.41, 5.74) is 13.0. The lowest BCUT2D eigenvalue weighted by Gasteiger charge is -2.44. The number of piperazine rings is 1. The first-order valence-electron chi connectivity index (χ1n) is 20.9. The van der Waals surface area contributed by atoms with Crippen LogP contribution in [0.1, 0.15) is 57.4 Å². The molecule has 1 amide bonds. The minimum absolute atomic E-state index is 0.0128. The Morgan fingerprint density at radius 3 is 2.66 bits per heavy atom. The average Bonchev–Trinajstić information content (AvgIpc) is 3.51. The van der Waals surface area contributed by atoms with Gasteiger partial charge >= 0.3 is 12.1 Å². The van der Waals surface area contributed by atoms with E-state index < -0.39 is 42.3 Å². The first-order valence-corrected chi connectivity index (χ1v) is 20.9. The van der Waals surface area contributed by atoms with E-state index in [1.54, 1.807) is 19.4 Å². The molecule has 59 heavy (non-hydrogen) atoms. The van der Waals surface area contributed by atoms with E-state index in [2.05, 4.69) is 20.1 Å². The van der Waals surface area contributed by atoms with Crippen LogP contribution in [0.15, 0.2) is 30.5 Å². The molecule has 322 valence electrons. The van der Waals surface area contributed by atoms with Gasteiger partial charge in [0.05, 0.1) is 74.0 Å². The first-order chi connectivity index (χ1) is 28.2. The highest BCUT2D eigenvalue weighted by Gasteiger charge is 2.38. The number of carbonyl (C=O) groups is 2. The molecule has 17 heteroatoms. The monoisotopic (exact) mass is 826 g/mol. The number of hydrazine groups is 1. The number of fused-ring (bicyclic) bond motifs is 7. The van der Waals surface area contributed by atoms with Crippen molar-refractivity contribution in [3.63, 3.8) is 0 Å². The van der Waals surface area contributed by atoms with Crippen molar-refractivity contribution in [1.29, 1.82) is 0 Å². The largest absolute Gasteiger partial charge is 0.464 e. The number of morpholine rings is 2. The lowest BCUT2D eigenvalue weighted by atomic mass is 9.84. The number of carbonyl (C=O) groups excluding carboxylic acids is 2. The van der Waals surface area contributed by atoms with E-state index in [9.17, 15) is 22.8 Å². The first kappa shape index (κ1) is 41.7. The number of methoxy groups -OCH3 is 1. The fourth-order valence-electron chi connectivity index (χ4n) is 9.38. The molecule has 1 unspecified atom stereocenters. The van der Waals surface area contributed by atoms with Crippen LogP contribution in [0.25, 0.3) is 22.2 Å². The summed E-state index contributed by atoms with van der Waals surface area (Å²) in [6, 6.07) is 6.15. The number of cyclic esters (lactones) is 1. The Kier molecular flexibility index (Phi) is 11.9. The van der Waals surface area contributed by atoms with Crippen molar-refractivity contribution in [3.8, 4) is 11.3 Å². The number of halogens is 3. The maximum atomic E-state index is 14.9. The summed E-state index contributed by atoms with van der Waals surface area (Å²) in [7, 11) is 1.57. The molecule has 0 radical (unpaired) electrons. The smallest absolute Gasteiger partial charge is 0.406 e. The molecule has 7 heterocycles. The zero-order valence-electron chi connectivity index (χ0n) is 34.4. The molecule has 5 aliphatic heterocycles. The number of ether oxygens (including phenoxy) is 4. The molecule has 8 rings (SSSR count). The van der Waals surface area contributed by atoms with Gasteiger partial charge in [0.1, 0.15) is 12.6 Å². The third-order valence-electron chi connectivity index (χ3n) is 12.5. The van der Waals surface area contributed by atoms with Gasteiger partial charge < -0.3 is 39.0 Å². The molecular weight excluding hydrogens is 770 g/mol. The van der Waals surface area contributed by atoms with E-state index in [0.717, 1.165) is 31.0 Å². The lowest BCUT2D eigenvalue weighted by Crippen LogP contribution is -2.59. The number of hydrogen-bond acceptors (Lipinski definition) is 12. The molecule has 5 atom stereocenters. The van der Waals surface area contributed by atoms with Crippen molar-refractivity contribution in [2.24, 2.45) is 11.1 Å². The van der Waals surface area contributed by atoms with Crippen LogP contribution in [0.3, 0.4) is 0 Å². The second kappa shape index (κ2) is 16.8. The van der Waals surface area contributed by atoms with Gasteiger partial charge in [-0.25, -0.2) is 5.43 Å². The lowest BCUT2D eigenvalue weighted by molar-refractivity contribution is -0.155. The number of esters is 1. The molecule has 4 fully saturated rings. The molecule has 3 N–H and O–H groups in total. The molecular formula is C42H57F3N8O6. The number of rotatable bonds is 5. The molecule has 0 spiro atoms. The summed E-state index contributed by atoms with van der Waals surface area (Å²) in [6.45, 7) is 10.8. The Hall–Kier alpha value is -4.00. The number of nitrogens with one attached hydrogen (secondary N) is 1. The SMILES string of the molecule is CO[C@@H](C)c1ncc(N2CCN3CCOCC3C2)cc1-c1c2c3cc(ccc3n1CC(F)(F)F)N1CCO[C@@H](C[C@H](N)C(=O)N3CCC[C@H](N3)C(=O)OCC(C)(C)C2)C1. The minimum Gasteiger partial charge on any atom is -0.464 e. The average molecular weight is 827 g/mol. The summed E-state index contributed by atoms with van der Waals surface area (Å²) in [4.78, 5) is 38.9. The van der Waals surface area contributed by atoms with Crippen LogP contribution in [0, 0.1) is 5.41 Å². The fourth-order valence-corrected chi connectivity index (χ4v) is 9.38. The molecule has 14 nitrogen and oxygen atoms in total. The number of nitrogens with zero attached hydrogens (tertiary/aromatic N) is 6. The van der Waals surface area contributed by atoms with Crippen molar-refractivity contribution in [2.45, 2.75) is 89.5 Å². The van der Waals surface area contributed by atoms with E-state index in [-0.39, 0.29) is 37.5 Å². The fraction of sp³-hybridized carbons (Fsp3) is 0.643. The van der Waals surface area contributed by atoms with Gasteiger partial charge in [0.2, 0.25) is 0 Å². The van der Waals surface area contributed by atoms with Crippen LogP contribution in [-0.2, 0) is 41.5 Å². The number of benzene rings is 1. The Morgan fingerprint density at radius 2 is 1.86 bits per heavy atom. The normalized spacial score (nSPS) is 26.7. The zero-order valence-corrected chi connectivity index (χ0v) is 34.4. The Balaban J connectivity index is 1.29. The van der Waals surface area contributed by atoms with Crippen molar-refractivity contribution < 1.29 is 41.7 Å². The summed E-state index contributed by atoms with van der Waals surface area (Å²) >= 11 is 0. The number of anilines is 2. The maximum absolute atomic E-state index is 14.9. The predicted molar refractivity (Wildman–Crippen MR) is 216 cm³/mol. The Morgan fingerprint density at radius 1 is 1.05 bits per heavy atom. The number of alkyl halides is 3. The molecule has 1 aromatic carbocycles. The minimum atomic E-state index is -4.56. The van der Waals surface area contributed by atoms with Gasteiger partial charge in [-0.05, 0) is 62.4 Å². The summed E-state index contributed by atoms with van der Waals surface area (Å²) < 4.78 is 69.8. The van der Waals surface area contributed by atoms with Crippen LogP contribution >= 0.6 is 0 Å². The number of aromatic nitrogens is 2. The van der Waals surface area contributed by atoms with Crippen molar-refractivity contribution in [3.05, 3.63) is 41.7 Å². The van der Waals surface area contributed by atoms with E-state index in [1.807, 2.05) is 39.0 Å². The second-order valence-electron chi connectivity index (χ2n) is 17.5. The van der Waals surface area contributed by atoms with Crippen molar-refractivity contribution in [2.75, 3.05) is 89.2 Å². The van der Waals surface area contributed by atoms with Gasteiger partial charge in [-0.1, -0.05) is 13.8 Å². The molecule has 5 aliphatic rings. The van der Waals surface area contributed by atoms with Crippen molar-refractivity contribution >= 4 is 34.2 Å². The number of amides is 1. The molecule has 0 aliphatic carbocycles. The quantitative estimate of drug-likeness (QED) is 0.359. The van der Waals surface area contributed by atoms with Gasteiger partial charge in [0.25, 0.3) is 5.91 Å². The molecule has 2 aromatic heterocycles. The van der Waals surface area contributed by atoms with Gasteiger partial charge in [-0.3, -0.25) is 24.5 Å². The van der Waals surface area contributed by atoms with Crippen molar-refractivity contribution in [1.82, 2.24) is 24.9 Å². The standard InChI is InChI=1S/C42H57F3N8O6/c1-26(56-4)37-32(17-28(20-47-37)50-11-10-49-12-14-57-23-29(49)21-50)38-33-19-41(2,3)25-59-40(55)35-6-5-9-53(48-35)39(54)34(46)18-30-22-51(13-15-58-30)27-7-8-36(31(33)16-27)52(38)24-42(43,44)45/h7-8,16-17,20,26,29-30,34-35,48H,5-6,9-15,18-19,21-25,46H2,1-4H3/t26-,29?,30-,34-,35-/m0/s1. The van der Waals surface area contributed by atoms with Gasteiger partial charge in [-0.15, -0.1) is 0 Å². The third kappa shape index (κ3) is 8.91. The summed E-state index contributed by atoms with van der Waals surface area (Å²) in [6.07, 6.45) is -2.08. The highest BCUT2D eigenvalue weighted by Crippen LogP contribution is 2.44. The summed E-state index contributed by atoms with van der Waals surface area (Å²) in [5.74, 6) is -0.824. The summed E-state index contributed by atoms with van der Waals surface area (Å²) in [5, 5.41) is 2.09. The Bertz CT molecular complexity index is 2030. The number of nitrogens with two attached hydrogens (primary N) is 1. The zero-order chi connectivity index (χ0) is 41.6.